The van der Waals surface area contributed by atoms with E-state index in [0.29, 0.717) is 6.61 Å². The van der Waals surface area contributed by atoms with E-state index in [1.54, 1.807) is 12.4 Å². The number of ether oxygens (including phenoxy) is 1. The van der Waals surface area contributed by atoms with E-state index < -0.39 is 0 Å². The molecule has 0 aliphatic carbocycles. The second-order valence-electron chi connectivity index (χ2n) is 5.95. The van der Waals surface area contributed by atoms with E-state index in [9.17, 15) is 0 Å². The molecule has 0 amide bonds. The molecule has 0 bridgehead atoms. The second kappa shape index (κ2) is 7.11. The lowest BCUT2D eigenvalue weighted by molar-refractivity contribution is 0.243. The average molecular weight is 337 g/mol. The van der Waals surface area contributed by atoms with Crippen molar-refractivity contribution in [3.8, 4) is 5.75 Å². The zero-order valence-electron chi connectivity index (χ0n) is 13.4. The van der Waals surface area contributed by atoms with Crippen LogP contribution in [0, 0.1) is 0 Å². The van der Waals surface area contributed by atoms with Crippen LogP contribution in [0.5, 0.6) is 5.75 Å². The molecule has 4 rings (SSSR count). The van der Waals surface area contributed by atoms with Crippen LogP contribution in [0.15, 0.2) is 54.4 Å². The minimum Gasteiger partial charge on any atom is -0.487 e. The first-order valence-corrected chi connectivity index (χ1v) is 8.98. The molecule has 5 heteroatoms. The van der Waals surface area contributed by atoms with E-state index in [-0.39, 0.29) is 0 Å². The summed E-state index contributed by atoms with van der Waals surface area (Å²) in [6, 6.07) is 8.14. The monoisotopic (exact) mass is 337 g/mol. The number of pyridine rings is 2. The normalized spacial score (nSPS) is 14.3. The van der Waals surface area contributed by atoms with Gasteiger partial charge in [0.05, 0.1) is 6.20 Å². The largest absolute Gasteiger partial charge is 0.487 e. The molecular weight excluding hydrogens is 318 g/mol. The molecule has 3 aromatic heterocycles. The van der Waals surface area contributed by atoms with Gasteiger partial charge in [0.2, 0.25) is 0 Å². The van der Waals surface area contributed by atoms with Gasteiger partial charge in [0, 0.05) is 48.7 Å². The summed E-state index contributed by atoms with van der Waals surface area (Å²) in [5, 5.41) is 2.14. The predicted molar refractivity (Wildman–Crippen MR) is 94.9 cm³/mol. The molecule has 0 radical (unpaired) electrons. The van der Waals surface area contributed by atoms with Gasteiger partial charge in [-0.25, -0.2) is 0 Å². The van der Waals surface area contributed by atoms with Crippen LogP contribution in [-0.4, -0.2) is 21.4 Å². The van der Waals surface area contributed by atoms with Gasteiger partial charge >= 0.3 is 0 Å². The fourth-order valence-corrected chi connectivity index (χ4v) is 3.85. The van der Waals surface area contributed by atoms with Crippen molar-refractivity contribution in [2.75, 3.05) is 6.54 Å². The molecule has 4 heterocycles. The van der Waals surface area contributed by atoms with Gasteiger partial charge in [-0.15, -0.1) is 11.3 Å². The molecule has 0 saturated carbocycles. The van der Waals surface area contributed by atoms with Crippen LogP contribution in [-0.2, 0) is 26.1 Å². The van der Waals surface area contributed by atoms with Crippen molar-refractivity contribution in [1.29, 1.82) is 0 Å². The van der Waals surface area contributed by atoms with Crippen molar-refractivity contribution in [1.82, 2.24) is 14.9 Å². The number of nitrogens with zero attached hydrogens (tertiary/aromatic N) is 3. The number of rotatable bonds is 5. The Kier molecular flexibility index (Phi) is 4.53. The second-order valence-corrected chi connectivity index (χ2v) is 6.99. The molecule has 4 nitrogen and oxygen atoms in total. The molecule has 0 spiro atoms. The van der Waals surface area contributed by atoms with Crippen LogP contribution < -0.4 is 4.74 Å². The van der Waals surface area contributed by atoms with Crippen molar-refractivity contribution < 1.29 is 4.74 Å². The van der Waals surface area contributed by atoms with Gasteiger partial charge in [0.1, 0.15) is 12.4 Å². The zero-order valence-corrected chi connectivity index (χ0v) is 14.2. The van der Waals surface area contributed by atoms with Crippen LogP contribution in [0.25, 0.3) is 0 Å². The van der Waals surface area contributed by atoms with Crippen molar-refractivity contribution in [2.24, 2.45) is 0 Å². The molecule has 3 aromatic rings. The number of aromatic nitrogens is 2. The molecule has 0 atom stereocenters. The fourth-order valence-electron chi connectivity index (χ4n) is 3.10. The summed E-state index contributed by atoms with van der Waals surface area (Å²) in [5.74, 6) is 0.797. The Morgan fingerprint density at radius 2 is 2.12 bits per heavy atom. The molecule has 122 valence electrons. The Hall–Kier alpha value is -2.24. The van der Waals surface area contributed by atoms with Gasteiger partial charge in [-0.3, -0.25) is 14.9 Å². The molecule has 0 unspecified atom stereocenters. The standard InChI is InChI=1S/C19H19N3OS/c1-3-17(11-20-6-1)23-14-16-10-21-9-15-12-22(7-5-19(15)16)13-18-4-2-8-24-18/h1-4,6,8-11H,5,7,12-14H2. The highest BCUT2D eigenvalue weighted by molar-refractivity contribution is 7.09. The van der Waals surface area contributed by atoms with Crippen LogP contribution in [0.1, 0.15) is 21.6 Å². The van der Waals surface area contributed by atoms with Crippen LogP contribution in [0.3, 0.4) is 0 Å². The summed E-state index contributed by atoms with van der Waals surface area (Å²) in [7, 11) is 0. The Morgan fingerprint density at radius 3 is 2.96 bits per heavy atom. The topological polar surface area (TPSA) is 38.3 Å². The van der Waals surface area contributed by atoms with E-state index in [2.05, 4.69) is 32.4 Å². The Bertz CT molecular complexity index is 790. The van der Waals surface area contributed by atoms with Gasteiger partial charge in [0.15, 0.2) is 0 Å². The van der Waals surface area contributed by atoms with E-state index in [0.717, 1.165) is 31.8 Å². The third-order valence-corrected chi connectivity index (χ3v) is 5.16. The highest BCUT2D eigenvalue weighted by Gasteiger charge is 2.19. The summed E-state index contributed by atoms with van der Waals surface area (Å²) in [6.07, 6.45) is 8.48. The highest BCUT2D eigenvalue weighted by atomic mass is 32.1. The lowest BCUT2D eigenvalue weighted by Gasteiger charge is -2.29. The van der Waals surface area contributed by atoms with Crippen molar-refractivity contribution in [2.45, 2.75) is 26.1 Å². The van der Waals surface area contributed by atoms with Gasteiger partial charge in [0.25, 0.3) is 0 Å². The van der Waals surface area contributed by atoms with Crippen LogP contribution in [0.2, 0.25) is 0 Å². The molecule has 0 saturated heterocycles. The third-order valence-electron chi connectivity index (χ3n) is 4.30. The molecule has 0 N–H and O–H groups in total. The lowest BCUT2D eigenvalue weighted by atomic mass is 9.97. The number of hydrogen-bond acceptors (Lipinski definition) is 5. The maximum absolute atomic E-state index is 5.86. The highest BCUT2D eigenvalue weighted by Crippen LogP contribution is 2.24. The molecule has 24 heavy (non-hydrogen) atoms. The van der Waals surface area contributed by atoms with Gasteiger partial charge in [-0.05, 0) is 41.1 Å². The van der Waals surface area contributed by atoms with Crippen molar-refractivity contribution >= 4 is 11.3 Å². The maximum Gasteiger partial charge on any atom is 0.138 e. The number of hydrogen-bond donors (Lipinski definition) is 0. The number of thiophene rings is 1. The maximum atomic E-state index is 5.86. The summed E-state index contributed by atoms with van der Waals surface area (Å²) in [4.78, 5) is 12.4. The van der Waals surface area contributed by atoms with E-state index in [1.807, 2.05) is 35.9 Å². The predicted octanol–water partition coefficient (Wildman–Crippen LogP) is 3.68. The Morgan fingerprint density at radius 1 is 1.12 bits per heavy atom. The van der Waals surface area contributed by atoms with Crippen molar-refractivity contribution in [3.05, 3.63) is 76.0 Å². The van der Waals surface area contributed by atoms with Gasteiger partial charge < -0.3 is 4.74 Å². The first kappa shape index (κ1) is 15.3. The fraction of sp³-hybridized carbons (Fsp3) is 0.263. The van der Waals surface area contributed by atoms with Crippen LogP contribution in [0.4, 0.5) is 0 Å². The molecule has 1 aliphatic heterocycles. The number of fused-ring (bicyclic) bond motifs is 1. The Balaban J connectivity index is 1.45. The van der Waals surface area contributed by atoms with E-state index in [1.165, 1.54) is 21.6 Å². The molecule has 0 aromatic carbocycles. The summed E-state index contributed by atoms with van der Waals surface area (Å²) in [5.41, 5.74) is 3.91. The van der Waals surface area contributed by atoms with Gasteiger partial charge in [-0.1, -0.05) is 6.07 Å². The summed E-state index contributed by atoms with van der Waals surface area (Å²) in [6.45, 7) is 3.61. The molecule has 1 aliphatic rings. The van der Waals surface area contributed by atoms with E-state index in [4.69, 9.17) is 4.74 Å². The summed E-state index contributed by atoms with van der Waals surface area (Å²) >= 11 is 1.82. The SMILES string of the molecule is c1cncc(OCc2cncc3c2CCN(Cc2cccs2)C3)c1. The smallest absolute Gasteiger partial charge is 0.138 e. The first-order chi connectivity index (χ1) is 11.9. The average Bonchev–Trinajstić information content (AvgIpc) is 3.13. The zero-order chi connectivity index (χ0) is 16.2. The minimum atomic E-state index is 0.548. The Labute approximate surface area is 145 Å². The third kappa shape index (κ3) is 3.47. The van der Waals surface area contributed by atoms with Gasteiger partial charge in [-0.2, -0.15) is 0 Å². The summed E-state index contributed by atoms with van der Waals surface area (Å²) < 4.78 is 5.86. The quantitative estimate of drug-likeness (QED) is 0.712. The molecular formula is C19H19N3OS. The van der Waals surface area contributed by atoms with E-state index >= 15 is 0 Å². The minimum absolute atomic E-state index is 0.548. The van der Waals surface area contributed by atoms with Crippen molar-refractivity contribution in [3.63, 3.8) is 0 Å². The molecule has 0 fully saturated rings. The first-order valence-electron chi connectivity index (χ1n) is 8.11. The lowest BCUT2D eigenvalue weighted by Crippen LogP contribution is -2.30. The van der Waals surface area contributed by atoms with Crippen LogP contribution >= 0.6 is 11.3 Å².